The average Bonchev–Trinajstić information content (AvgIpc) is 2.42. The molecule has 2 aromatic rings. The number of ether oxygens (including phenoxy) is 1. The van der Waals surface area contributed by atoms with Crippen LogP contribution < -0.4 is 10.5 Å². The lowest BCUT2D eigenvalue weighted by molar-refractivity contribution is 0.318. The molecule has 0 spiro atoms. The zero-order valence-corrected chi connectivity index (χ0v) is 11.1. The minimum absolute atomic E-state index is 0.0371. The number of amidine groups is 1. The molecule has 0 fully saturated rings. The molecule has 5 nitrogen and oxygen atoms in total. The molecule has 1 aromatic heterocycles. The van der Waals surface area contributed by atoms with E-state index >= 15 is 0 Å². The normalized spacial score (nSPS) is 11.4. The summed E-state index contributed by atoms with van der Waals surface area (Å²) in [5.41, 5.74) is 7.36. The van der Waals surface area contributed by atoms with E-state index in [1.54, 1.807) is 31.2 Å². The molecular weight excluding hydrogens is 261 g/mol. The Kier molecular flexibility index (Phi) is 3.84. The summed E-state index contributed by atoms with van der Waals surface area (Å²) < 4.78 is 19.2. The second kappa shape index (κ2) is 5.56. The Balaban J connectivity index is 2.47. The lowest BCUT2D eigenvalue weighted by atomic mass is 10.2. The molecule has 0 unspecified atom stereocenters. The van der Waals surface area contributed by atoms with Crippen molar-refractivity contribution in [1.82, 2.24) is 4.98 Å². The standard InChI is InChI=1S/C14H14FN3O2/c1-8-3-6-11(15)12(7-8)20-14-10(13(16)18-19)5-4-9(2)17-14/h3-7,19H,1-2H3,(H2,16,18). The second-order valence-corrected chi connectivity index (χ2v) is 4.33. The first-order valence-electron chi connectivity index (χ1n) is 5.91. The topological polar surface area (TPSA) is 80.7 Å². The van der Waals surface area contributed by atoms with Gasteiger partial charge in [-0.05, 0) is 43.7 Å². The zero-order valence-electron chi connectivity index (χ0n) is 11.1. The molecule has 0 aliphatic heterocycles. The average molecular weight is 275 g/mol. The van der Waals surface area contributed by atoms with Crippen LogP contribution in [0.3, 0.4) is 0 Å². The van der Waals surface area contributed by atoms with Gasteiger partial charge in [0.15, 0.2) is 17.4 Å². The number of hydrogen-bond acceptors (Lipinski definition) is 4. The zero-order chi connectivity index (χ0) is 14.7. The molecule has 0 bridgehead atoms. The lowest BCUT2D eigenvalue weighted by Gasteiger charge is -2.11. The van der Waals surface area contributed by atoms with E-state index in [1.807, 2.05) is 6.92 Å². The third-order valence-electron chi connectivity index (χ3n) is 2.68. The van der Waals surface area contributed by atoms with Gasteiger partial charge in [-0.3, -0.25) is 0 Å². The Morgan fingerprint density at radius 2 is 2.05 bits per heavy atom. The van der Waals surface area contributed by atoms with Crippen molar-refractivity contribution in [3.63, 3.8) is 0 Å². The van der Waals surface area contributed by atoms with Gasteiger partial charge in [0.2, 0.25) is 5.88 Å². The first kappa shape index (κ1) is 13.8. The molecule has 0 saturated carbocycles. The number of benzene rings is 1. The molecule has 0 saturated heterocycles. The van der Waals surface area contributed by atoms with E-state index in [2.05, 4.69) is 10.1 Å². The van der Waals surface area contributed by atoms with Crippen molar-refractivity contribution in [1.29, 1.82) is 0 Å². The van der Waals surface area contributed by atoms with E-state index in [1.165, 1.54) is 6.07 Å². The number of oxime groups is 1. The van der Waals surface area contributed by atoms with E-state index in [0.717, 1.165) is 5.56 Å². The van der Waals surface area contributed by atoms with Crippen LogP contribution in [0.25, 0.3) is 0 Å². The highest BCUT2D eigenvalue weighted by Crippen LogP contribution is 2.27. The van der Waals surface area contributed by atoms with Gasteiger partial charge in [-0.25, -0.2) is 9.37 Å². The van der Waals surface area contributed by atoms with Gasteiger partial charge in [0.25, 0.3) is 0 Å². The van der Waals surface area contributed by atoms with Crippen molar-refractivity contribution in [3.05, 3.63) is 53.0 Å². The van der Waals surface area contributed by atoms with Gasteiger partial charge in [-0.1, -0.05) is 11.2 Å². The molecule has 1 heterocycles. The van der Waals surface area contributed by atoms with Crippen LogP contribution in [0.1, 0.15) is 16.8 Å². The second-order valence-electron chi connectivity index (χ2n) is 4.33. The lowest BCUT2D eigenvalue weighted by Crippen LogP contribution is -2.15. The summed E-state index contributed by atoms with van der Waals surface area (Å²) in [4.78, 5) is 4.15. The van der Waals surface area contributed by atoms with Crippen LogP contribution >= 0.6 is 0 Å². The Hall–Kier alpha value is -2.63. The van der Waals surface area contributed by atoms with Gasteiger partial charge in [-0.2, -0.15) is 0 Å². The maximum atomic E-state index is 13.7. The maximum absolute atomic E-state index is 13.7. The number of halogens is 1. The van der Waals surface area contributed by atoms with Gasteiger partial charge in [0.05, 0.1) is 5.56 Å². The highest BCUT2D eigenvalue weighted by Gasteiger charge is 2.13. The van der Waals surface area contributed by atoms with Crippen molar-refractivity contribution in [2.45, 2.75) is 13.8 Å². The number of aromatic nitrogens is 1. The Morgan fingerprint density at radius 1 is 1.30 bits per heavy atom. The van der Waals surface area contributed by atoms with Crippen molar-refractivity contribution < 1.29 is 14.3 Å². The first-order chi connectivity index (χ1) is 9.51. The van der Waals surface area contributed by atoms with Gasteiger partial charge in [0.1, 0.15) is 0 Å². The van der Waals surface area contributed by atoms with Crippen LogP contribution in [0.5, 0.6) is 11.6 Å². The Labute approximate surface area is 115 Å². The third-order valence-corrected chi connectivity index (χ3v) is 2.68. The summed E-state index contributed by atoms with van der Waals surface area (Å²) in [5, 5.41) is 11.7. The smallest absolute Gasteiger partial charge is 0.230 e. The van der Waals surface area contributed by atoms with E-state index in [-0.39, 0.29) is 17.5 Å². The molecule has 6 heteroatoms. The van der Waals surface area contributed by atoms with Crippen LogP contribution in [0.4, 0.5) is 4.39 Å². The van der Waals surface area contributed by atoms with Crippen LogP contribution in [-0.2, 0) is 0 Å². The van der Waals surface area contributed by atoms with E-state index in [9.17, 15) is 4.39 Å². The largest absolute Gasteiger partial charge is 0.435 e. The first-order valence-corrected chi connectivity index (χ1v) is 5.91. The molecule has 0 aliphatic rings. The molecule has 2 rings (SSSR count). The molecular formula is C14H14FN3O2. The van der Waals surface area contributed by atoms with Crippen LogP contribution in [-0.4, -0.2) is 16.0 Å². The summed E-state index contributed by atoms with van der Waals surface area (Å²) in [7, 11) is 0. The fourth-order valence-corrected chi connectivity index (χ4v) is 1.65. The van der Waals surface area contributed by atoms with E-state index < -0.39 is 5.82 Å². The summed E-state index contributed by atoms with van der Waals surface area (Å²) in [5.74, 6) is -0.537. The van der Waals surface area contributed by atoms with Crippen molar-refractivity contribution >= 4 is 5.84 Å². The Morgan fingerprint density at radius 3 is 2.75 bits per heavy atom. The highest BCUT2D eigenvalue weighted by atomic mass is 19.1. The number of pyridine rings is 1. The highest BCUT2D eigenvalue weighted by molar-refractivity contribution is 5.99. The number of rotatable bonds is 3. The van der Waals surface area contributed by atoms with E-state index in [4.69, 9.17) is 15.7 Å². The maximum Gasteiger partial charge on any atom is 0.230 e. The van der Waals surface area contributed by atoms with Gasteiger partial charge >= 0.3 is 0 Å². The summed E-state index contributed by atoms with van der Waals surface area (Å²) in [6.07, 6.45) is 0. The minimum atomic E-state index is -0.510. The predicted octanol–water partition coefficient (Wildman–Crippen LogP) is 2.72. The molecule has 0 aliphatic carbocycles. The van der Waals surface area contributed by atoms with Gasteiger partial charge in [0, 0.05) is 5.69 Å². The van der Waals surface area contributed by atoms with Crippen LogP contribution in [0.2, 0.25) is 0 Å². The number of nitrogens with zero attached hydrogens (tertiary/aromatic N) is 2. The quantitative estimate of drug-likeness (QED) is 0.390. The Bertz CT molecular complexity index is 671. The SMILES string of the molecule is Cc1ccc(F)c(Oc2nc(C)ccc2C(N)=NO)c1. The van der Waals surface area contributed by atoms with Crippen molar-refractivity contribution in [2.24, 2.45) is 10.9 Å². The fraction of sp³-hybridized carbons (Fsp3) is 0.143. The van der Waals surface area contributed by atoms with Crippen molar-refractivity contribution in [3.8, 4) is 11.6 Å². The molecule has 20 heavy (non-hydrogen) atoms. The summed E-state index contributed by atoms with van der Waals surface area (Å²) in [6.45, 7) is 3.58. The van der Waals surface area contributed by atoms with Gasteiger partial charge < -0.3 is 15.7 Å². The minimum Gasteiger partial charge on any atom is -0.435 e. The number of aryl methyl sites for hydroxylation is 2. The van der Waals surface area contributed by atoms with Gasteiger partial charge in [-0.15, -0.1) is 0 Å². The molecule has 0 radical (unpaired) electrons. The fourth-order valence-electron chi connectivity index (χ4n) is 1.65. The molecule has 1 aromatic carbocycles. The number of nitrogens with two attached hydrogens (primary N) is 1. The molecule has 0 atom stereocenters. The van der Waals surface area contributed by atoms with Crippen LogP contribution in [0, 0.1) is 19.7 Å². The van der Waals surface area contributed by atoms with Crippen LogP contribution in [0.15, 0.2) is 35.5 Å². The summed E-state index contributed by atoms with van der Waals surface area (Å²) >= 11 is 0. The molecule has 0 amide bonds. The third kappa shape index (κ3) is 2.85. The predicted molar refractivity (Wildman–Crippen MR) is 72.7 cm³/mol. The summed E-state index contributed by atoms with van der Waals surface area (Å²) in [6, 6.07) is 7.78. The van der Waals surface area contributed by atoms with E-state index in [0.29, 0.717) is 11.3 Å². The monoisotopic (exact) mass is 275 g/mol. The molecule has 3 N–H and O–H groups in total. The molecule has 104 valence electrons. The van der Waals surface area contributed by atoms with Crippen molar-refractivity contribution in [2.75, 3.05) is 0 Å². The number of hydrogen-bond donors (Lipinski definition) is 2.